The van der Waals surface area contributed by atoms with E-state index in [0.29, 0.717) is 34.7 Å². The van der Waals surface area contributed by atoms with E-state index in [0.717, 1.165) is 37.7 Å². The Morgan fingerprint density at radius 2 is 2.00 bits per heavy atom. The minimum atomic E-state index is -0.625. The van der Waals surface area contributed by atoms with Gasteiger partial charge in [-0.05, 0) is 61.4 Å². The highest BCUT2D eigenvalue weighted by atomic mass is 35.5. The molecule has 7 heteroatoms. The summed E-state index contributed by atoms with van der Waals surface area (Å²) < 4.78 is 12.2. The maximum absolute atomic E-state index is 13.7. The van der Waals surface area contributed by atoms with Gasteiger partial charge in [0.25, 0.3) is 5.91 Å². The zero-order valence-corrected chi connectivity index (χ0v) is 20.3. The number of fused-ring (bicyclic) bond motifs is 1. The average molecular weight is 481 g/mol. The summed E-state index contributed by atoms with van der Waals surface area (Å²) in [5.41, 5.74) is 1.23. The maximum Gasteiger partial charge on any atom is 0.295 e. The molecule has 0 N–H and O–H groups in total. The summed E-state index contributed by atoms with van der Waals surface area (Å²) in [6.07, 6.45) is 5.81. The maximum atomic E-state index is 13.7. The van der Waals surface area contributed by atoms with E-state index < -0.39 is 6.04 Å². The van der Waals surface area contributed by atoms with Crippen LogP contribution in [0.2, 0.25) is 5.02 Å². The van der Waals surface area contributed by atoms with Crippen molar-refractivity contribution < 1.29 is 19.1 Å². The molecular formula is C27H29ClN2O4. The fourth-order valence-corrected chi connectivity index (χ4v) is 5.21. The normalized spacial score (nSPS) is 24.2. The predicted molar refractivity (Wildman–Crippen MR) is 130 cm³/mol. The van der Waals surface area contributed by atoms with Gasteiger partial charge in [-0.2, -0.15) is 0 Å². The first kappa shape index (κ1) is 22.9. The van der Waals surface area contributed by atoms with Crippen molar-refractivity contribution in [2.24, 2.45) is 11.8 Å². The zero-order valence-electron chi connectivity index (χ0n) is 19.5. The first-order chi connectivity index (χ1) is 16.4. The van der Waals surface area contributed by atoms with Crippen LogP contribution in [-0.2, 0) is 14.3 Å². The monoisotopic (exact) mass is 480 g/mol. The van der Waals surface area contributed by atoms with Crippen LogP contribution < -0.4 is 9.64 Å². The molecule has 1 aromatic carbocycles. The number of Topliss-reactive ketones (excluding diaryl/α,β-unsaturated/α-hetero) is 1. The number of anilines is 1. The molecule has 3 atom stereocenters. The topological polar surface area (TPSA) is 68.7 Å². The number of ketones is 1. The lowest BCUT2D eigenvalue weighted by molar-refractivity contribution is -0.131. The van der Waals surface area contributed by atoms with Crippen LogP contribution in [0.1, 0.15) is 57.6 Å². The second kappa shape index (κ2) is 9.41. The molecule has 1 aliphatic carbocycles. The van der Waals surface area contributed by atoms with Crippen molar-refractivity contribution in [3.8, 4) is 5.75 Å². The molecular weight excluding hydrogens is 452 g/mol. The number of carbonyl (C=O) groups excluding carboxylic acids is 2. The van der Waals surface area contributed by atoms with Gasteiger partial charge in [0, 0.05) is 6.20 Å². The molecule has 0 radical (unpaired) electrons. The highest BCUT2D eigenvalue weighted by Gasteiger charge is 2.52. The van der Waals surface area contributed by atoms with Crippen molar-refractivity contribution in [3.05, 3.63) is 64.5 Å². The third-order valence-corrected chi connectivity index (χ3v) is 7.08. The first-order valence-electron chi connectivity index (χ1n) is 12.1. The summed E-state index contributed by atoms with van der Waals surface area (Å²) in [6.45, 7) is 4.91. The number of hydrogen-bond acceptors (Lipinski definition) is 5. The Labute approximate surface area is 204 Å². The lowest BCUT2D eigenvalue weighted by atomic mass is 9.77. The second-order valence-corrected chi connectivity index (χ2v) is 10.1. The molecule has 1 amide bonds. The molecule has 34 heavy (non-hydrogen) atoms. The number of hydrogen-bond donors (Lipinski definition) is 0. The summed E-state index contributed by atoms with van der Waals surface area (Å²) in [6, 6.07) is 10.4. The van der Waals surface area contributed by atoms with Gasteiger partial charge in [0.05, 0.1) is 29.2 Å². The molecule has 1 aromatic heterocycles. The molecule has 3 heterocycles. The Morgan fingerprint density at radius 3 is 2.76 bits per heavy atom. The van der Waals surface area contributed by atoms with Crippen LogP contribution in [0.5, 0.6) is 5.75 Å². The average Bonchev–Trinajstić information content (AvgIpc) is 3.12. The molecule has 0 bridgehead atoms. The minimum Gasteiger partial charge on any atom is -0.494 e. The Hall–Kier alpha value is -2.86. The number of carbonyl (C=O) groups is 2. The number of aromatic nitrogens is 1. The van der Waals surface area contributed by atoms with Gasteiger partial charge in [-0.25, -0.2) is 4.98 Å². The molecule has 5 rings (SSSR count). The number of ether oxygens (including phenoxy) is 2. The largest absolute Gasteiger partial charge is 0.494 e. The zero-order chi connectivity index (χ0) is 23.8. The molecule has 178 valence electrons. The SMILES string of the molecule is CC(C)CCOc1cccc(C2C3=C(OC4CCCCC4C3=O)C(=O)N2c2ccc(Cl)cn2)c1. The van der Waals surface area contributed by atoms with E-state index in [1.54, 1.807) is 17.0 Å². The van der Waals surface area contributed by atoms with Crippen molar-refractivity contribution in [1.29, 1.82) is 0 Å². The van der Waals surface area contributed by atoms with E-state index in [2.05, 4.69) is 18.8 Å². The summed E-state index contributed by atoms with van der Waals surface area (Å²) in [7, 11) is 0. The lowest BCUT2D eigenvalue weighted by Gasteiger charge is -2.35. The predicted octanol–water partition coefficient (Wildman–Crippen LogP) is 5.66. The molecule has 6 nitrogen and oxygen atoms in total. The third-order valence-electron chi connectivity index (χ3n) is 6.86. The molecule has 1 fully saturated rings. The fraction of sp³-hybridized carbons (Fsp3) is 0.444. The number of nitrogens with zero attached hydrogens (tertiary/aromatic N) is 2. The first-order valence-corrected chi connectivity index (χ1v) is 12.4. The molecule has 2 aromatic rings. The number of amides is 1. The van der Waals surface area contributed by atoms with Gasteiger partial charge in [0.15, 0.2) is 11.5 Å². The Bertz CT molecular complexity index is 1130. The van der Waals surface area contributed by atoms with Crippen molar-refractivity contribution in [2.45, 2.75) is 58.1 Å². The van der Waals surface area contributed by atoms with E-state index in [4.69, 9.17) is 21.1 Å². The van der Waals surface area contributed by atoms with E-state index in [9.17, 15) is 9.59 Å². The number of pyridine rings is 1. The molecule has 2 aliphatic heterocycles. The van der Waals surface area contributed by atoms with Crippen LogP contribution >= 0.6 is 11.6 Å². The lowest BCUT2D eigenvalue weighted by Crippen LogP contribution is -2.39. The van der Waals surface area contributed by atoms with Crippen LogP contribution in [-0.4, -0.2) is 29.4 Å². The number of halogens is 1. The third kappa shape index (κ3) is 4.20. The smallest absolute Gasteiger partial charge is 0.295 e. The van der Waals surface area contributed by atoms with Crippen LogP contribution in [0.25, 0.3) is 0 Å². The Kier molecular flexibility index (Phi) is 6.34. The number of benzene rings is 1. The van der Waals surface area contributed by atoms with Crippen molar-refractivity contribution >= 4 is 29.1 Å². The summed E-state index contributed by atoms with van der Waals surface area (Å²) in [5, 5.41) is 0.476. The molecule has 1 saturated carbocycles. The highest BCUT2D eigenvalue weighted by Crippen LogP contribution is 2.48. The van der Waals surface area contributed by atoms with Gasteiger partial charge < -0.3 is 9.47 Å². The standard InChI is InChI=1S/C27H29ClN2O4/c1-16(2)12-13-33-19-7-5-6-17(14-19)24-23-25(31)20-8-3-4-9-21(20)34-26(23)27(32)30(24)22-11-10-18(28)15-29-22/h5-7,10-11,14-16,20-21,24H,3-4,8-9,12-13H2,1-2H3. The molecule has 3 unspecified atom stereocenters. The van der Waals surface area contributed by atoms with E-state index in [1.165, 1.54) is 6.20 Å². The molecule has 0 saturated heterocycles. The summed E-state index contributed by atoms with van der Waals surface area (Å²) >= 11 is 6.06. The Morgan fingerprint density at radius 1 is 1.18 bits per heavy atom. The molecule has 0 spiro atoms. The van der Waals surface area contributed by atoms with E-state index >= 15 is 0 Å². The molecule has 3 aliphatic rings. The van der Waals surface area contributed by atoms with Crippen molar-refractivity contribution in [3.63, 3.8) is 0 Å². The number of rotatable bonds is 6. The van der Waals surface area contributed by atoms with Gasteiger partial charge in [-0.15, -0.1) is 0 Å². The van der Waals surface area contributed by atoms with Crippen LogP contribution in [0.3, 0.4) is 0 Å². The van der Waals surface area contributed by atoms with Gasteiger partial charge in [-0.3, -0.25) is 14.5 Å². The second-order valence-electron chi connectivity index (χ2n) is 9.67. The van der Waals surface area contributed by atoms with Crippen LogP contribution in [0.4, 0.5) is 5.82 Å². The van der Waals surface area contributed by atoms with Gasteiger partial charge in [0.1, 0.15) is 17.7 Å². The van der Waals surface area contributed by atoms with Crippen LogP contribution in [0.15, 0.2) is 53.9 Å². The quantitative estimate of drug-likeness (QED) is 0.533. The van der Waals surface area contributed by atoms with Crippen molar-refractivity contribution in [2.75, 3.05) is 11.5 Å². The van der Waals surface area contributed by atoms with Gasteiger partial charge in [0.2, 0.25) is 0 Å². The highest BCUT2D eigenvalue weighted by molar-refractivity contribution is 6.30. The Balaban J connectivity index is 1.56. The van der Waals surface area contributed by atoms with Crippen LogP contribution in [0, 0.1) is 11.8 Å². The van der Waals surface area contributed by atoms with E-state index in [1.807, 2.05) is 24.3 Å². The van der Waals surface area contributed by atoms with Crippen molar-refractivity contribution in [1.82, 2.24) is 4.98 Å². The summed E-state index contributed by atoms with van der Waals surface area (Å²) in [4.78, 5) is 33.4. The van der Waals surface area contributed by atoms with Gasteiger partial charge in [-0.1, -0.05) is 44.0 Å². The summed E-state index contributed by atoms with van der Waals surface area (Å²) in [5.74, 6) is 1.33. The van der Waals surface area contributed by atoms with Gasteiger partial charge >= 0.3 is 0 Å². The van der Waals surface area contributed by atoms with E-state index in [-0.39, 0.29) is 29.5 Å². The fourth-order valence-electron chi connectivity index (χ4n) is 5.09. The minimum absolute atomic E-state index is 0.0203.